The van der Waals surface area contributed by atoms with Gasteiger partial charge in [0, 0.05) is 5.75 Å². The van der Waals surface area contributed by atoms with Crippen molar-refractivity contribution in [2.24, 2.45) is 0 Å². The number of hydrogen-bond acceptors (Lipinski definition) is 2. The number of alkyl halides is 3. The molecule has 0 aliphatic rings. The Kier molecular flexibility index (Phi) is 5.16. The number of thioether (sulfide) groups is 1. The molecule has 112 valence electrons. The van der Waals surface area contributed by atoms with Crippen LogP contribution < -0.4 is 0 Å². The lowest BCUT2D eigenvalue weighted by molar-refractivity contribution is -0.141. The maximum absolute atomic E-state index is 12.8. The van der Waals surface area contributed by atoms with E-state index in [2.05, 4.69) is 27.5 Å². The van der Waals surface area contributed by atoms with Gasteiger partial charge < -0.3 is 4.57 Å². The van der Waals surface area contributed by atoms with E-state index in [9.17, 15) is 13.2 Å². The van der Waals surface area contributed by atoms with Crippen LogP contribution in [0, 0.1) is 0 Å². The van der Waals surface area contributed by atoms with Gasteiger partial charge in [0.15, 0.2) is 5.16 Å². The fourth-order valence-corrected chi connectivity index (χ4v) is 2.86. The first kappa shape index (κ1) is 16.2. The molecule has 2 nitrogen and oxygen atoms in total. The van der Waals surface area contributed by atoms with Gasteiger partial charge in [0.1, 0.15) is 6.54 Å². The van der Waals surface area contributed by atoms with Gasteiger partial charge in [0.2, 0.25) is 0 Å². The minimum Gasteiger partial charge on any atom is -0.310 e. The first-order chi connectivity index (χ1) is 9.87. The number of aromatic nitrogens is 2. The van der Waals surface area contributed by atoms with Gasteiger partial charge in [-0.2, -0.15) is 13.2 Å². The van der Waals surface area contributed by atoms with E-state index in [1.807, 2.05) is 6.07 Å². The number of nitrogens with zero attached hydrogens (tertiary/aromatic N) is 2. The highest BCUT2D eigenvalue weighted by molar-refractivity contribution is 9.11. The summed E-state index contributed by atoms with van der Waals surface area (Å²) in [6.07, 6.45) is -2.83. The second kappa shape index (κ2) is 6.70. The Morgan fingerprint density at radius 1 is 1.29 bits per heavy atom. The van der Waals surface area contributed by atoms with E-state index in [0.717, 1.165) is 0 Å². The van der Waals surface area contributed by atoms with Crippen LogP contribution in [-0.4, -0.2) is 21.5 Å². The summed E-state index contributed by atoms with van der Waals surface area (Å²) >= 11 is 4.41. The fraction of sp³-hybridized carbons (Fsp3) is 0.214. The maximum atomic E-state index is 12.8. The van der Waals surface area contributed by atoms with Crippen molar-refractivity contribution < 1.29 is 13.2 Å². The van der Waals surface area contributed by atoms with Gasteiger partial charge in [-0.05, 0) is 10.0 Å². The Hall–Kier alpha value is -1.21. The van der Waals surface area contributed by atoms with Gasteiger partial charge in [-0.3, -0.25) is 0 Å². The van der Waals surface area contributed by atoms with Crippen molar-refractivity contribution in [3.8, 4) is 11.3 Å². The van der Waals surface area contributed by atoms with E-state index in [1.165, 1.54) is 22.5 Å². The number of halogens is 4. The third-order valence-corrected chi connectivity index (χ3v) is 4.31. The molecular formula is C14H12BrF3N2S. The van der Waals surface area contributed by atoms with Gasteiger partial charge in [-0.15, -0.1) is 0 Å². The van der Waals surface area contributed by atoms with Crippen LogP contribution in [0.4, 0.5) is 13.2 Å². The number of imidazole rings is 1. The standard InChI is InChI=1S/C14H12BrF3N2S/c1-10(15)8-21-13-19-7-12(11-5-3-2-4-6-11)20(13)9-14(16,17)18/h2-7H,1,8-9H2. The Morgan fingerprint density at radius 3 is 2.52 bits per heavy atom. The van der Waals surface area contributed by atoms with Gasteiger partial charge in [0.05, 0.1) is 11.9 Å². The molecule has 0 saturated carbocycles. The monoisotopic (exact) mass is 376 g/mol. The van der Waals surface area contributed by atoms with Crippen LogP contribution in [0.15, 0.2) is 52.7 Å². The molecule has 21 heavy (non-hydrogen) atoms. The smallest absolute Gasteiger partial charge is 0.310 e. The molecule has 1 aromatic heterocycles. The van der Waals surface area contributed by atoms with E-state index < -0.39 is 12.7 Å². The molecule has 0 atom stereocenters. The van der Waals surface area contributed by atoms with Crippen molar-refractivity contribution in [1.29, 1.82) is 0 Å². The van der Waals surface area contributed by atoms with Crippen molar-refractivity contribution in [3.05, 3.63) is 47.6 Å². The summed E-state index contributed by atoms with van der Waals surface area (Å²) in [6, 6.07) is 8.92. The van der Waals surface area contributed by atoms with Crippen LogP contribution in [0.1, 0.15) is 0 Å². The van der Waals surface area contributed by atoms with Crippen LogP contribution in [0.3, 0.4) is 0 Å². The van der Waals surface area contributed by atoms with Crippen molar-refractivity contribution in [1.82, 2.24) is 9.55 Å². The normalized spacial score (nSPS) is 11.6. The summed E-state index contributed by atoms with van der Waals surface area (Å²) in [5.74, 6) is 0.461. The van der Waals surface area contributed by atoms with Crippen LogP contribution in [0.25, 0.3) is 11.3 Å². The van der Waals surface area contributed by atoms with E-state index in [4.69, 9.17) is 0 Å². The molecule has 0 aliphatic heterocycles. The highest BCUT2D eigenvalue weighted by Gasteiger charge is 2.30. The molecule has 0 radical (unpaired) electrons. The zero-order chi connectivity index (χ0) is 15.5. The van der Waals surface area contributed by atoms with Crippen LogP contribution >= 0.6 is 27.7 Å². The molecule has 1 aromatic carbocycles. The van der Waals surface area contributed by atoms with Crippen LogP contribution in [0.2, 0.25) is 0 Å². The van der Waals surface area contributed by atoms with Crippen molar-refractivity contribution in [3.63, 3.8) is 0 Å². The lowest BCUT2D eigenvalue weighted by Gasteiger charge is -2.14. The largest absolute Gasteiger partial charge is 0.406 e. The Bertz CT molecular complexity index is 623. The van der Waals surface area contributed by atoms with E-state index in [-0.39, 0.29) is 0 Å². The zero-order valence-corrected chi connectivity index (χ0v) is 13.3. The molecule has 0 saturated heterocycles. The van der Waals surface area contributed by atoms with Crippen LogP contribution in [-0.2, 0) is 6.54 Å². The van der Waals surface area contributed by atoms with Gasteiger partial charge in [-0.25, -0.2) is 4.98 Å². The molecule has 7 heteroatoms. The summed E-state index contributed by atoms with van der Waals surface area (Å²) in [4.78, 5) is 4.11. The minimum atomic E-state index is -4.30. The fourth-order valence-electron chi connectivity index (χ4n) is 1.79. The van der Waals surface area contributed by atoms with Gasteiger partial charge >= 0.3 is 6.18 Å². The summed E-state index contributed by atoms with van der Waals surface area (Å²) in [5.41, 5.74) is 1.16. The topological polar surface area (TPSA) is 17.8 Å². The number of rotatable bonds is 5. The third-order valence-electron chi connectivity index (χ3n) is 2.58. The molecule has 0 amide bonds. The summed E-state index contributed by atoms with van der Waals surface area (Å²) in [7, 11) is 0. The van der Waals surface area contributed by atoms with Gasteiger partial charge in [-0.1, -0.05) is 64.6 Å². The second-order valence-corrected chi connectivity index (χ2v) is 6.36. The van der Waals surface area contributed by atoms with Crippen molar-refractivity contribution >= 4 is 27.7 Å². The van der Waals surface area contributed by atoms with Gasteiger partial charge in [0.25, 0.3) is 0 Å². The molecule has 1 heterocycles. The lowest BCUT2D eigenvalue weighted by atomic mass is 10.2. The first-order valence-corrected chi connectivity index (χ1v) is 7.78. The Morgan fingerprint density at radius 2 is 1.95 bits per heavy atom. The number of hydrogen-bond donors (Lipinski definition) is 0. The SMILES string of the molecule is C=C(Br)CSc1ncc(-c2ccccc2)n1CC(F)(F)F. The average molecular weight is 377 g/mol. The van der Waals surface area contributed by atoms with Crippen LogP contribution in [0.5, 0.6) is 0 Å². The predicted molar refractivity (Wildman–Crippen MR) is 82.5 cm³/mol. The number of benzene rings is 1. The molecule has 0 unspecified atom stereocenters. The maximum Gasteiger partial charge on any atom is 0.406 e. The predicted octanol–water partition coefficient (Wildman–Crippen LogP) is 5.11. The molecule has 0 fully saturated rings. The van der Waals surface area contributed by atoms with E-state index in [1.54, 1.807) is 24.3 Å². The Labute approximate surface area is 133 Å². The molecule has 2 aromatic rings. The first-order valence-electron chi connectivity index (χ1n) is 6.00. The second-order valence-electron chi connectivity index (χ2n) is 4.30. The molecule has 0 N–H and O–H groups in total. The molecule has 0 spiro atoms. The summed E-state index contributed by atoms with van der Waals surface area (Å²) < 4.78 is 40.3. The highest BCUT2D eigenvalue weighted by atomic mass is 79.9. The van der Waals surface area contributed by atoms with Crippen molar-refractivity contribution in [2.45, 2.75) is 17.9 Å². The molecule has 0 aliphatic carbocycles. The summed E-state index contributed by atoms with van der Waals surface area (Å²) in [5, 5.41) is 0.326. The summed E-state index contributed by atoms with van der Waals surface area (Å²) in [6.45, 7) is 2.61. The highest BCUT2D eigenvalue weighted by Crippen LogP contribution is 2.30. The zero-order valence-electron chi connectivity index (χ0n) is 10.9. The molecule has 2 rings (SSSR count). The average Bonchev–Trinajstić information content (AvgIpc) is 2.78. The van der Waals surface area contributed by atoms with Crippen molar-refractivity contribution in [2.75, 3.05) is 5.75 Å². The lowest BCUT2D eigenvalue weighted by Crippen LogP contribution is -2.19. The third kappa shape index (κ3) is 4.64. The van der Waals surface area contributed by atoms with E-state index in [0.29, 0.717) is 26.6 Å². The Balaban J connectivity index is 2.38. The minimum absolute atomic E-state index is 0.326. The molecule has 0 bridgehead atoms. The molecular weight excluding hydrogens is 365 g/mol. The quantitative estimate of drug-likeness (QED) is 0.674. The van der Waals surface area contributed by atoms with E-state index >= 15 is 0 Å².